The third-order valence-corrected chi connectivity index (χ3v) is 1.55. The van der Waals surface area contributed by atoms with Gasteiger partial charge >= 0.3 is 0 Å². The minimum Gasteiger partial charge on any atom is -0.366 e. The second kappa shape index (κ2) is 16.6. The van der Waals surface area contributed by atoms with Crippen LogP contribution in [-0.4, -0.2) is 30.2 Å². The van der Waals surface area contributed by atoms with E-state index in [9.17, 15) is 19.2 Å². The number of amides is 4. The van der Waals surface area contributed by atoms with Crippen molar-refractivity contribution in [3.05, 3.63) is 62.9 Å². The Kier molecular flexibility index (Phi) is 17.8. The van der Waals surface area contributed by atoms with E-state index in [1.165, 1.54) is 0 Å². The maximum Gasteiger partial charge on any atom is 0.247 e. The van der Waals surface area contributed by atoms with Gasteiger partial charge in [0.15, 0.2) is 0 Å². The number of rotatable bonds is 7. The van der Waals surface area contributed by atoms with Gasteiger partial charge in [0.25, 0.3) is 0 Å². The van der Waals surface area contributed by atoms with Crippen LogP contribution in [0.4, 0.5) is 0 Å². The first-order chi connectivity index (χ1) is 10.6. The number of carbonyl (C=O) groups excluding carboxylic acids is 4. The third kappa shape index (κ3) is 27.7. The van der Waals surface area contributed by atoms with Crippen molar-refractivity contribution in [2.24, 2.45) is 11.5 Å². The summed E-state index contributed by atoms with van der Waals surface area (Å²) in [6, 6.07) is 0. The molecule has 0 saturated heterocycles. The molecule has 0 spiro atoms. The van der Waals surface area contributed by atoms with Crippen LogP contribution in [-0.2, 0) is 19.2 Å². The molecule has 8 nitrogen and oxygen atoms in total. The van der Waals surface area contributed by atoms with Gasteiger partial charge < -0.3 is 22.1 Å². The molecule has 4 amide bonds. The van der Waals surface area contributed by atoms with Crippen molar-refractivity contribution >= 4 is 23.6 Å². The fourth-order valence-corrected chi connectivity index (χ4v) is 0.535. The van der Waals surface area contributed by atoms with E-state index >= 15 is 0 Å². The Hall–Kier alpha value is -3.42. The van der Waals surface area contributed by atoms with Crippen molar-refractivity contribution in [1.29, 1.82) is 0 Å². The average molecular weight is 322 g/mol. The van der Waals surface area contributed by atoms with E-state index in [1.54, 1.807) is 0 Å². The molecule has 0 unspecified atom stereocenters. The molecule has 0 aliphatic rings. The van der Waals surface area contributed by atoms with Gasteiger partial charge in [-0.1, -0.05) is 32.9 Å². The van der Waals surface area contributed by atoms with Gasteiger partial charge in [-0.3, -0.25) is 19.2 Å². The standard InChI is InChI=1S/C9H12N2O2.2C3H5NO/c1-4-8(12)10-6-7(3)11-9(13)5-2;2*1-2-3(4)5/h4-5H,1-3,6H2,(H,10,12)(H,11,13);2*2H,1H2,(H2,4,5). The zero-order chi connectivity index (χ0) is 18.8. The first-order valence-corrected chi connectivity index (χ1v) is 5.99. The lowest BCUT2D eigenvalue weighted by Crippen LogP contribution is -2.30. The van der Waals surface area contributed by atoms with Gasteiger partial charge in [-0.2, -0.15) is 0 Å². The molecule has 0 fully saturated rings. The highest BCUT2D eigenvalue weighted by Crippen LogP contribution is 1.81. The summed E-state index contributed by atoms with van der Waals surface area (Å²) in [5.41, 5.74) is 9.47. The molecule has 6 N–H and O–H groups in total. The van der Waals surface area contributed by atoms with E-state index in [2.05, 4.69) is 55.0 Å². The Morgan fingerprint density at radius 3 is 1.39 bits per heavy atom. The van der Waals surface area contributed by atoms with Crippen molar-refractivity contribution in [2.45, 2.75) is 0 Å². The topological polar surface area (TPSA) is 144 Å². The van der Waals surface area contributed by atoms with Crippen LogP contribution in [0, 0.1) is 0 Å². The van der Waals surface area contributed by atoms with E-state index in [0.717, 1.165) is 24.3 Å². The molecular weight excluding hydrogens is 300 g/mol. The second-order valence-electron chi connectivity index (χ2n) is 3.43. The molecule has 0 bridgehead atoms. The van der Waals surface area contributed by atoms with E-state index < -0.39 is 11.8 Å². The molecule has 0 radical (unpaired) electrons. The monoisotopic (exact) mass is 322 g/mol. The molecule has 0 aromatic rings. The highest BCUT2D eigenvalue weighted by molar-refractivity contribution is 5.89. The molecule has 0 heterocycles. The minimum atomic E-state index is -0.481. The van der Waals surface area contributed by atoms with Crippen LogP contribution in [0.1, 0.15) is 0 Å². The van der Waals surface area contributed by atoms with Crippen molar-refractivity contribution in [2.75, 3.05) is 6.54 Å². The summed E-state index contributed by atoms with van der Waals surface area (Å²) in [5.74, 6) is -1.62. The first kappa shape index (κ1) is 24.6. The predicted octanol–water partition coefficient (Wildman–Crippen LogP) is -0.580. The van der Waals surface area contributed by atoms with E-state index in [0.29, 0.717) is 5.70 Å². The molecule has 0 atom stereocenters. The number of hydrogen-bond acceptors (Lipinski definition) is 4. The van der Waals surface area contributed by atoms with Crippen LogP contribution in [0.25, 0.3) is 0 Å². The van der Waals surface area contributed by atoms with Gasteiger partial charge in [0.2, 0.25) is 23.6 Å². The van der Waals surface area contributed by atoms with Gasteiger partial charge in [-0.15, -0.1) is 0 Å². The second-order valence-corrected chi connectivity index (χ2v) is 3.43. The zero-order valence-electron chi connectivity index (χ0n) is 12.8. The minimum absolute atomic E-state index is 0.185. The van der Waals surface area contributed by atoms with Gasteiger partial charge in [-0.05, 0) is 24.3 Å². The summed E-state index contributed by atoms with van der Waals surface area (Å²) in [7, 11) is 0. The largest absolute Gasteiger partial charge is 0.366 e. The van der Waals surface area contributed by atoms with Gasteiger partial charge in [0, 0.05) is 5.70 Å². The number of nitrogens with two attached hydrogens (primary N) is 2. The molecule has 126 valence electrons. The van der Waals surface area contributed by atoms with Gasteiger partial charge in [0.1, 0.15) is 0 Å². The maximum atomic E-state index is 10.7. The molecule has 23 heavy (non-hydrogen) atoms. The Bertz CT molecular complexity index is 478. The van der Waals surface area contributed by atoms with Crippen molar-refractivity contribution in [3.63, 3.8) is 0 Å². The van der Waals surface area contributed by atoms with E-state index in [1.807, 2.05) is 0 Å². The smallest absolute Gasteiger partial charge is 0.247 e. The summed E-state index contributed by atoms with van der Waals surface area (Å²) < 4.78 is 0. The van der Waals surface area contributed by atoms with Crippen LogP contribution in [0.2, 0.25) is 0 Å². The molecule has 0 aliphatic heterocycles. The zero-order valence-corrected chi connectivity index (χ0v) is 12.8. The summed E-state index contributed by atoms with van der Waals surface area (Å²) in [6.45, 7) is 16.4. The van der Waals surface area contributed by atoms with Gasteiger partial charge in [-0.25, -0.2) is 0 Å². The number of hydrogen-bond donors (Lipinski definition) is 4. The summed E-state index contributed by atoms with van der Waals surface area (Å²) in [6.07, 6.45) is 4.38. The Morgan fingerprint density at radius 1 is 0.783 bits per heavy atom. The molecule has 8 heteroatoms. The lowest BCUT2D eigenvalue weighted by Gasteiger charge is -2.05. The summed E-state index contributed by atoms with van der Waals surface area (Å²) in [5, 5.41) is 4.86. The van der Waals surface area contributed by atoms with Crippen molar-refractivity contribution in [3.8, 4) is 0 Å². The number of carbonyl (C=O) groups is 4. The Balaban J connectivity index is -0.000000329. The van der Waals surface area contributed by atoms with E-state index in [4.69, 9.17) is 0 Å². The molecule has 0 saturated carbocycles. The highest BCUT2D eigenvalue weighted by atomic mass is 16.2. The third-order valence-electron chi connectivity index (χ3n) is 1.55. The van der Waals surface area contributed by atoms with Crippen LogP contribution in [0.3, 0.4) is 0 Å². The lowest BCUT2D eigenvalue weighted by molar-refractivity contribution is -0.117. The highest BCUT2D eigenvalue weighted by Gasteiger charge is 1.98. The predicted molar refractivity (Wildman–Crippen MR) is 89.5 cm³/mol. The van der Waals surface area contributed by atoms with Crippen molar-refractivity contribution in [1.82, 2.24) is 10.6 Å². The molecular formula is C15H22N4O4. The normalized spacial score (nSPS) is 7.48. The number of nitrogens with one attached hydrogen (secondary N) is 2. The van der Waals surface area contributed by atoms with Crippen LogP contribution in [0.15, 0.2) is 62.9 Å². The summed E-state index contributed by atoms with van der Waals surface area (Å²) in [4.78, 5) is 40.3. The SMILES string of the molecule is C=CC(=O)NCC(=C)NC(=O)C=C.C=CC(N)=O.C=CC(N)=O. The van der Waals surface area contributed by atoms with Crippen LogP contribution < -0.4 is 22.1 Å². The van der Waals surface area contributed by atoms with Crippen LogP contribution in [0.5, 0.6) is 0 Å². The van der Waals surface area contributed by atoms with Crippen molar-refractivity contribution < 1.29 is 19.2 Å². The first-order valence-electron chi connectivity index (χ1n) is 5.99. The molecule has 0 aliphatic carbocycles. The number of primary amides is 2. The van der Waals surface area contributed by atoms with Crippen LogP contribution >= 0.6 is 0 Å². The average Bonchev–Trinajstić information content (AvgIpc) is 2.53. The van der Waals surface area contributed by atoms with Gasteiger partial charge in [0.05, 0.1) is 6.54 Å². The quantitative estimate of drug-likeness (QED) is 0.465. The fraction of sp³-hybridized carbons (Fsp3) is 0.0667. The Labute approximate surface area is 135 Å². The maximum absolute atomic E-state index is 10.7. The fourth-order valence-electron chi connectivity index (χ4n) is 0.535. The summed E-state index contributed by atoms with van der Waals surface area (Å²) >= 11 is 0. The molecule has 0 aromatic heterocycles. The molecule has 0 aromatic carbocycles. The lowest BCUT2D eigenvalue weighted by atomic mass is 10.4. The van der Waals surface area contributed by atoms with E-state index in [-0.39, 0.29) is 18.4 Å². The Morgan fingerprint density at radius 2 is 1.13 bits per heavy atom. The molecule has 0 rings (SSSR count).